The Morgan fingerprint density at radius 2 is 2.20 bits per heavy atom. The predicted octanol–water partition coefficient (Wildman–Crippen LogP) is 3.01. The maximum Gasteiger partial charge on any atom is 0.146 e. The molecule has 15 heavy (non-hydrogen) atoms. The van der Waals surface area contributed by atoms with Gasteiger partial charge in [-0.25, -0.2) is 9.97 Å². The highest BCUT2D eigenvalue weighted by Gasteiger charge is 2.23. The molecule has 82 valence electrons. The molecule has 0 unspecified atom stereocenters. The third-order valence-electron chi connectivity index (χ3n) is 3.03. The van der Waals surface area contributed by atoms with Gasteiger partial charge in [0.25, 0.3) is 0 Å². The molecule has 0 aromatic carbocycles. The molecule has 1 aromatic heterocycles. The van der Waals surface area contributed by atoms with E-state index in [-0.39, 0.29) is 0 Å². The van der Waals surface area contributed by atoms with Gasteiger partial charge >= 0.3 is 0 Å². The second-order valence-corrected chi connectivity index (χ2v) is 4.77. The van der Waals surface area contributed by atoms with Crippen molar-refractivity contribution in [3.8, 4) is 0 Å². The monoisotopic (exact) mass is 269 g/mol. The zero-order valence-electron chi connectivity index (χ0n) is 8.99. The van der Waals surface area contributed by atoms with Crippen molar-refractivity contribution in [3.05, 3.63) is 17.0 Å². The van der Waals surface area contributed by atoms with Gasteiger partial charge in [0, 0.05) is 18.8 Å². The molecule has 0 aliphatic heterocycles. The fourth-order valence-corrected chi connectivity index (χ4v) is 2.76. The van der Waals surface area contributed by atoms with Crippen LogP contribution < -0.4 is 4.90 Å². The highest BCUT2D eigenvalue weighted by molar-refractivity contribution is 9.10. The van der Waals surface area contributed by atoms with E-state index in [2.05, 4.69) is 37.7 Å². The van der Waals surface area contributed by atoms with Crippen molar-refractivity contribution in [2.24, 2.45) is 0 Å². The molecule has 0 saturated heterocycles. The van der Waals surface area contributed by atoms with E-state index in [0.717, 1.165) is 16.8 Å². The minimum atomic E-state index is 0.668. The van der Waals surface area contributed by atoms with Crippen molar-refractivity contribution in [2.75, 3.05) is 11.4 Å². The van der Waals surface area contributed by atoms with Crippen molar-refractivity contribution in [2.45, 2.75) is 38.6 Å². The van der Waals surface area contributed by atoms with Crippen molar-refractivity contribution in [1.29, 1.82) is 0 Å². The highest BCUT2D eigenvalue weighted by atomic mass is 79.9. The van der Waals surface area contributed by atoms with Crippen LogP contribution in [0.15, 0.2) is 17.0 Å². The molecule has 1 heterocycles. The number of anilines is 1. The summed E-state index contributed by atoms with van der Waals surface area (Å²) in [5.74, 6) is 1.04. The first-order valence-corrected chi connectivity index (χ1v) is 6.34. The SMILES string of the molecule is CCN(c1ncncc1Br)C1CCCC1. The van der Waals surface area contributed by atoms with Crippen LogP contribution in [0.3, 0.4) is 0 Å². The second kappa shape index (κ2) is 4.92. The number of hydrogen-bond acceptors (Lipinski definition) is 3. The van der Waals surface area contributed by atoms with Gasteiger partial charge in [-0.05, 0) is 35.7 Å². The normalized spacial score (nSPS) is 16.9. The first kappa shape index (κ1) is 10.9. The fraction of sp³-hybridized carbons (Fsp3) is 0.636. The Hall–Kier alpha value is -0.640. The molecular weight excluding hydrogens is 254 g/mol. The molecule has 0 atom stereocenters. The minimum absolute atomic E-state index is 0.668. The maximum atomic E-state index is 4.36. The second-order valence-electron chi connectivity index (χ2n) is 3.92. The summed E-state index contributed by atoms with van der Waals surface area (Å²) in [4.78, 5) is 10.8. The topological polar surface area (TPSA) is 29.0 Å². The van der Waals surface area contributed by atoms with Crippen LogP contribution >= 0.6 is 15.9 Å². The van der Waals surface area contributed by atoms with Crippen LogP contribution in [0.4, 0.5) is 5.82 Å². The Kier molecular flexibility index (Phi) is 3.57. The van der Waals surface area contributed by atoms with Gasteiger partial charge in [0.15, 0.2) is 0 Å². The van der Waals surface area contributed by atoms with E-state index in [9.17, 15) is 0 Å². The van der Waals surface area contributed by atoms with E-state index in [4.69, 9.17) is 0 Å². The molecule has 0 N–H and O–H groups in total. The van der Waals surface area contributed by atoms with E-state index in [1.165, 1.54) is 25.7 Å². The van der Waals surface area contributed by atoms with E-state index in [0.29, 0.717) is 6.04 Å². The summed E-state index contributed by atoms with van der Waals surface area (Å²) in [5, 5.41) is 0. The van der Waals surface area contributed by atoms with Crippen LogP contribution in [-0.2, 0) is 0 Å². The smallest absolute Gasteiger partial charge is 0.146 e. The molecule has 3 nitrogen and oxygen atoms in total. The average molecular weight is 270 g/mol. The fourth-order valence-electron chi connectivity index (χ4n) is 2.31. The number of hydrogen-bond donors (Lipinski definition) is 0. The minimum Gasteiger partial charge on any atom is -0.353 e. The maximum absolute atomic E-state index is 4.36. The molecule has 2 rings (SSSR count). The molecule has 0 radical (unpaired) electrons. The lowest BCUT2D eigenvalue weighted by molar-refractivity contribution is 0.611. The number of aromatic nitrogens is 2. The van der Waals surface area contributed by atoms with E-state index >= 15 is 0 Å². The van der Waals surface area contributed by atoms with Gasteiger partial charge in [0.1, 0.15) is 12.1 Å². The Bertz CT molecular complexity index is 323. The number of halogens is 1. The van der Waals surface area contributed by atoms with Gasteiger partial charge in [-0.2, -0.15) is 0 Å². The van der Waals surface area contributed by atoms with Crippen LogP contribution in [0.1, 0.15) is 32.6 Å². The molecule has 1 fully saturated rings. The standard InChI is InChI=1S/C11H16BrN3/c1-2-15(9-5-3-4-6-9)11-10(12)7-13-8-14-11/h7-9H,2-6H2,1H3. The lowest BCUT2D eigenvalue weighted by atomic mass is 10.2. The predicted molar refractivity (Wildman–Crippen MR) is 65.0 cm³/mol. The largest absolute Gasteiger partial charge is 0.353 e. The summed E-state index contributed by atoms with van der Waals surface area (Å²) in [5.41, 5.74) is 0. The van der Waals surface area contributed by atoms with Gasteiger partial charge < -0.3 is 4.90 Å². The molecule has 0 amide bonds. The van der Waals surface area contributed by atoms with Crippen molar-refractivity contribution >= 4 is 21.7 Å². The Labute approximate surface area is 99.0 Å². The zero-order chi connectivity index (χ0) is 10.7. The van der Waals surface area contributed by atoms with E-state index in [1.807, 2.05) is 6.20 Å². The van der Waals surface area contributed by atoms with Crippen LogP contribution in [-0.4, -0.2) is 22.6 Å². The van der Waals surface area contributed by atoms with E-state index in [1.54, 1.807) is 6.33 Å². The first-order valence-electron chi connectivity index (χ1n) is 5.55. The molecule has 0 spiro atoms. The third kappa shape index (κ3) is 2.30. The highest BCUT2D eigenvalue weighted by Crippen LogP contribution is 2.30. The van der Waals surface area contributed by atoms with Gasteiger partial charge in [-0.15, -0.1) is 0 Å². The molecule has 1 aliphatic rings. The van der Waals surface area contributed by atoms with Crippen LogP contribution in [0.5, 0.6) is 0 Å². The zero-order valence-corrected chi connectivity index (χ0v) is 10.6. The van der Waals surface area contributed by atoms with Gasteiger partial charge in [0.05, 0.1) is 4.47 Å². The van der Waals surface area contributed by atoms with Crippen molar-refractivity contribution in [1.82, 2.24) is 9.97 Å². The van der Waals surface area contributed by atoms with Gasteiger partial charge in [-0.3, -0.25) is 0 Å². The van der Waals surface area contributed by atoms with E-state index < -0.39 is 0 Å². The molecular formula is C11H16BrN3. The molecule has 1 saturated carbocycles. The molecule has 1 aromatic rings. The molecule has 1 aliphatic carbocycles. The average Bonchev–Trinajstić information content (AvgIpc) is 2.75. The lowest BCUT2D eigenvalue weighted by Gasteiger charge is -2.29. The van der Waals surface area contributed by atoms with Crippen LogP contribution in [0.25, 0.3) is 0 Å². The third-order valence-corrected chi connectivity index (χ3v) is 3.59. The van der Waals surface area contributed by atoms with Gasteiger partial charge in [0.2, 0.25) is 0 Å². The summed E-state index contributed by atoms with van der Waals surface area (Å²) in [6.07, 6.45) is 8.74. The summed E-state index contributed by atoms with van der Waals surface area (Å²) < 4.78 is 0.999. The first-order chi connectivity index (χ1) is 7.33. The van der Waals surface area contributed by atoms with Gasteiger partial charge in [-0.1, -0.05) is 12.8 Å². The summed E-state index contributed by atoms with van der Waals surface area (Å²) >= 11 is 3.52. The Morgan fingerprint density at radius 1 is 1.47 bits per heavy atom. The Morgan fingerprint density at radius 3 is 2.80 bits per heavy atom. The summed E-state index contributed by atoms with van der Waals surface area (Å²) in [7, 11) is 0. The molecule has 4 heteroatoms. The van der Waals surface area contributed by atoms with Crippen LogP contribution in [0, 0.1) is 0 Å². The van der Waals surface area contributed by atoms with Crippen molar-refractivity contribution in [3.63, 3.8) is 0 Å². The molecule has 0 bridgehead atoms. The quantitative estimate of drug-likeness (QED) is 0.845. The summed E-state index contributed by atoms with van der Waals surface area (Å²) in [6.45, 7) is 3.20. The van der Waals surface area contributed by atoms with Crippen LogP contribution in [0.2, 0.25) is 0 Å². The number of rotatable bonds is 3. The lowest BCUT2D eigenvalue weighted by Crippen LogP contribution is -2.33. The number of nitrogens with zero attached hydrogens (tertiary/aromatic N) is 3. The summed E-state index contributed by atoms with van der Waals surface area (Å²) in [6, 6.07) is 0.668. The van der Waals surface area contributed by atoms with Crippen molar-refractivity contribution < 1.29 is 0 Å². The Balaban J connectivity index is 2.22.